The van der Waals surface area contributed by atoms with Crippen LogP contribution >= 0.6 is 39.3 Å². The molecule has 0 radical (unpaired) electrons. The number of hydrogen-bond donors (Lipinski definition) is 0. The maximum atomic E-state index is 6.07. The summed E-state index contributed by atoms with van der Waals surface area (Å²) in [5, 5.41) is 0.890. The molecule has 0 fully saturated rings. The molecule has 1 aromatic carbocycles. The van der Waals surface area contributed by atoms with E-state index in [9.17, 15) is 0 Å². The molecule has 0 bridgehead atoms. The van der Waals surface area contributed by atoms with Gasteiger partial charge >= 0.3 is 0 Å². The van der Waals surface area contributed by atoms with Crippen LogP contribution in [0.1, 0.15) is 16.8 Å². The molecule has 3 heteroatoms. The predicted molar refractivity (Wildman–Crippen MR) is 58.5 cm³/mol. The highest BCUT2D eigenvalue weighted by atomic mass is 79.9. The van der Waals surface area contributed by atoms with Crippen molar-refractivity contribution in [2.24, 2.45) is 0 Å². The monoisotopic (exact) mass is 262 g/mol. The number of rotatable bonds is 0. The summed E-state index contributed by atoms with van der Waals surface area (Å²) in [5.74, 6) is 1.16. The Balaban J connectivity index is 2.52. The number of fused-ring (bicyclic) bond motifs is 1. The fourth-order valence-electron chi connectivity index (χ4n) is 1.34. The van der Waals surface area contributed by atoms with E-state index in [4.69, 9.17) is 11.6 Å². The number of benzene rings is 1. The molecule has 2 rings (SSSR count). The number of hydrogen-bond acceptors (Lipinski definition) is 1. The van der Waals surface area contributed by atoms with E-state index in [0.717, 1.165) is 10.8 Å². The second kappa shape index (κ2) is 3.60. The fraction of sp³-hybridized carbons (Fsp3) is 0.333. The maximum Gasteiger partial charge on any atom is 0.0545 e. The van der Waals surface area contributed by atoms with E-state index in [1.807, 2.05) is 23.9 Å². The van der Waals surface area contributed by atoms with Crippen LogP contribution in [0.5, 0.6) is 0 Å². The molecule has 1 aliphatic heterocycles. The van der Waals surface area contributed by atoms with Gasteiger partial charge in [0.05, 0.1) is 5.02 Å². The van der Waals surface area contributed by atoms with E-state index in [2.05, 4.69) is 22.0 Å². The zero-order valence-corrected chi connectivity index (χ0v) is 9.55. The smallest absolute Gasteiger partial charge is 0.0545 e. The van der Waals surface area contributed by atoms with Crippen molar-refractivity contribution < 1.29 is 0 Å². The molecule has 1 atom stereocenters. The maximum absolute atomic E-state index is 6.07. The quantitative estimate of drug-likeness (QED) is 0.630. The molecule has 0 amide bonds. The zero-order chi connectivity index (χ0) is 8.55. The van der Waals surface area contributed by atoms with Crippen molar-refractivity contribution in [3.63, 3.8) is 0 Å². The van der Waals surface area contributed by atoms with Crippen molar-refractivity contribution >= 4 is 39.3 Å². The summed E-state index contributed by atoms with van der Waals surface area (Å²) in [5.41, 5.74) is 1.35. The normalized spacial score (nSPS) is 22.0. The van der Waals surface area contributed by atoms with E-state index < -0.39 is 0 Å². The minimum atomic E-state index is 0.493. The van der Waals surface area contributed by atoms with Gasteiger partial charge in [-0.25, -0.2) is 0 Å². The highest BCUT2D eigenvalue weighted by Crippen LogP contribution is 2.43. The van der Waals surface area contributed by atoms with Crippen LogP contribution in [0, 0.1) is 0 Å². The van der Waals surface area contributed by atoms with Crippen LogP contribution in [-0.2, 0) is 0 Å². The minimum absolute atomic E-state index is 0.493. The van der Waals surface area contributed by atoms with Gasteiger partial charge in [0.1, 0.15) is 0 Å². The molecule has 0 saturated heterocycles. The zero-order valence-electron chi connectivity index (χ0n) is 6.39. The van der Waals surface area contributed by atoms with Crippen LogP contribution in [0.4, 0.5) is 0 Å². The SMILES string of the molecule is Clc1cccc2c1SCCC2Br. The van der Waals surface area contributed by atoms with E-state index in [0.29, 0.717) is 4.83 Å². The molecular weight excluding hydrogens is 256 g/mol. The first-order valence-electron chi connectivity index (χ1n) is 3.84. The Morgan fingerprint density at radius 3 is 3.08 bits per heavy atom. The van der Waals surface area contributed by atoms with Crippen molar-refractivity contribution in [1.82, 2.24) is 0 Å². The summed E-state index contributed by atoms with van der Waals surface area (Å²) in [6, 6.07) is 6.12. The van der Waals surface area contributed by atoms with E-state index >= 15 is 0 Å². The highest BCUT2D eigenvalue weighted by Gasteiger charge is 2.19. The van der Waals surface area contributed by atoms with E-state index in [-0.39, 0.29) is 0 Å². The summed E-state index contributed by atoms with van der Waals surface area (Å²) in [6.07, 6.45) is 1.19. The van der Waals surface area contributed by atoms with Gasteiger partial charge in [-0.3, -0.25) is 0 Å². The molecule has 0 spiro atoms. The summed E-state index contributed by atoms with van der Waals surface area (Å²) in [6.45, 7) is 0. The Morgan fingerprint density at radius 2 is 2.33 bits per heavy atom. The molecule has 0 N–H and O–H groups in total. The average Bonchev–Trinajstić information content (AvgIpc) is 2.07. The van der Waals surface area contributed by atoms with Gasteiger partial charge < -0.3 is 0 Å². The van der Waals surface area contributed by atoms with E-state index in [1.54, 1.807) is 0 Å². The van der Waals surface area contributed by atoms with Gasteiger partial charge in [0.25, 0.3) is 0 Å². The standard InChI is InChI=1S/C9H8BrClS/c10-7-4-5-12-9-6(7)2-1-3-8(9)11/h1-3,7H,4-5H2. The molecule has 12 heavy (non-hydrogen) atoms. The van der Waals surface area contributed by atoms with Crippen molar-refractivity contribution in [1.29, 1.82) is 0 Å². The first kappa shape index (κ1) is 8.92. The average molecular weight is 264 g/mol. The summed E-state index contributed by atoms with van der Waals surface area (Å²) in [4.78, 5) is 1.75. The lowest BCUT2D eigenvalue weighted by Crippen LogP contribution is -2.01. The molecular formula is C9H8BrClS. The molecule has 1 aliphatic rings. The van der Waals surface area contributed by atoms with Gasteiger partial charge in [0.15, 0.2) is 0 Å². The fourth-order valence-corrected chi connectivity index (χ4v) is 3.90. The van der Waals surface area contributed by atoms with Crippen LogP contribution in [-0.4, -0.2) is 5.75 Å². The van der Waals surface area contributed by atoms with Crippen molar-refractivity contribution in [3.05, 3.63) is 28.8 Å². The third-order valence-electron chi connectivity index (χ3n) is 1.95. The lowest BCUT2D eigenvalue weighted by Gasteiger charge is -2.20. The summed E-state index contributed by atoms with van der Waals surface area (Å²) < 4.78 is 0. The van der Waals surface area contributed by atoms with Gasteiger partial charge in [-0.05, 0) is 23.8 Å². The Kier molecular flexibility index (Phi) is 2.68. The first-order valence-corrected chi connectivity index (χ1v) is 6.12. The third-order valence-corrected chi connectivity index (χ3v) is 4.51. The molecule has 1 unspecified atom stereocenters. The van der Waals surface area contributed by atoms with Crippen LogP contribution in [0.3, 0.4) is 0 Å². The molecule has 1 aromatic rings. The molecule has 0 saturated carbocycles. The Hall–Kier alpha value is 0.340. The van der Waals surface area contributed by atoms with Crippen LogP contribution in [0.2, 0.25) is 5.02 Å². The van der Waals surface area contributed by atoms with Gasteiger partial charge in [-0.1, -0.05) is 39.7 Å². The first-order chi connectivity index (χ1) is 5.79. The second-order valence-corrected chi connectivity index (χ2v) is 5.38. The molecule has 64 valence electrons. The minimum Gasteiger partial charge on any atom is -0.124 e. The Bertz CT molecular complexity index is 301. The number of thioether (sulfide) groups is 1. The Labute approximate surface area is 89.8 Å². The predicted octanol–water partition coefficient (Wildman–Crippen LogP) is 4.27. The molecule has 0 aromatic heterocycles. The lowest BCUT2D eigenvalue weighted by molar-refractivity contribution is 0.880. The van der Waals surface area contributed by atoms with Crippen molar-refractivity contribution in [2.75, 3.05) is 5.75 Å². The van der Waals surface area contributed by atoms with Gasteiger partial charge in [-0.2, -0.15) is 0 Å². The lowest BCUT2D eigenvalue weighted by atomic mass is 10.1. The van der Waals surface area contributed by atoms with Crippen molar-refractivity contribution in [3.8, 4) is 0 Å². The van der Waals surface area contributed by atoms with Crippen LogP contribution < -0.4 is 0 Å². The second-order valence-electron chi connectivity index (χ2n) is 2.76. The topological polar surface area (TPSA) is 0 Å². The highest BCUT2D eigenvalue weighted by molar-refractivity contribution is 9.09. The van der Waals surface area contributed by atoms with Gasteiger partial charge in [0.2, 0.25) is 0 Å². The Morgan fingerprint density at radius 1 is 1.50 bits per heavy atom. The van der Waals surface area contributed by atoms with Crippen molar-refractivity contribution in [2.45, 2.75) is 16.1 Å². The summed E-state index contributed by atoms with van der Waals surface area (Å²) in [7, 11) is 0. The number of alkyl halides is 1. The van der Waals surface area contributed by atoms with Gasteiger partial charge in [-0.15, -0.1) is 11.8 Å². The third kappa shape index (κ3) is 1.52. The molecule has 0 aliphatic carbocycles. The summed E-state index contributed by atoms with van der Waals surface area (Å²) >= 11 is 11.6. The molecule has 0 nitrogen and oxygen atoms in total. The van der Waals surface area contributed by atoms with Crippen LogP contribution in [0.25, 0.3) is 0 Å². The van der Waals surface area contributed by atoms with Gasteiger partial charge in [0, 0.05) is 9.72 Å². The van der Waals surface area contributed by atoms with Crippen LogP contribution in [0.15, 0.2) is 23.1 Å². The number of halogens is 2. The molecule has 1 heterocycles. The van der Waals surface area contributed by atoms with E-state index in [1.165, 1.54) is 16.9 Å². The largest absolute Gasteiger partial charge is 0.124 e.